The van der Waals surface area contributed by atoms with Gasteiger partial charge in [0.15, 0.2) is 11.0 Å². The molecule has 134 valence electrons. The fraction of sp³-hybridized carbons (Fsp3) is 0.294. The first-order chi connectivity index (χ1) is 12.6. The minimum Gasteiger partial charge on any atom is -0.510 e. The monoisotopic (exact) mass is 370 g/mol. The highest BCUT2D eigenvalue weighted by molar-refractivity contribution is 7.99. The van der Waals surface area contributed by atoms with Gasteiger partial charge in [-0.3, -0.25) is 4.57 Å². The van der Waals surface area contributed by atoms with E-state index < -0.39 is 0 Å². The Morgan fingerprint density at radius 2 is 2.23 bits per heavy atom. The topological polar surface area (TPSA) is 123 Å². The zero-order chi connectivity index (χ0) is 18.5. The van der Waals surface area contributed by atoms with Crippen molar-refractivity contribution in [2.45, 2.75) is 31.5 Å². The van der Waals surface area contributed by atoms with E-state index >= 15 is 0 Å². The number of benzene rings is 1. The van der Waals surface area contributed by atoms with Gasteiger partial charge >= 0.3 is 5.69 Å². The Hall–Kier alpha value is -2.99. The lowest BCUT2D eigenvalue weighted by Crippen LogP contribution is -2.17. The maximum Gasteiger partial charge on any atom is 0.343 e. The maximum absolute atomic E-state index is 11.8. The predicted molar refractivity (Wildman–Crippen MR) is 99.7 cm³/mol. The Labute approximate surface area is 153 Å². The van der Waals surface area contributed by atoms with Crippen molar-refractivity contribution in [2.24, 2.45) is 0 Å². The number of aromatic nitrogens is 5. The van der Waals surface area contributed by atoms with Crippen LogP contribution in [0.5, 0.6) is 0 Å². The summed E-state index contributed by atoms with van der Waals surface area (Å²) in [5.41, 5.74) is 1.31. The van der Waals surface area contributed by atoms with Crippen molar-refractivity contribution in [3.63, 3.8) is 0 Å². The number of nitriles is 1. The predicted octanol–water partition coefficient (Wildman–Crippen LogP) is 2.83. The van der Waals surface area contributed by atoms with Crippen LogP contribution in [0.4, 0.5) is 0 Å². The lowest BCUT2D eigenvalue weighted by molar-refractivity contribution is 0.420. The molecule has 0 aliphatic rings. The second kappa shape index (κ2) is 7.93. The summed E-state index contributed by atoms with van der Waals surface area (Å²) in [7, 11) is 0. The van der Waals surface area contributed by atoms with Gasteiger partial charge in [0.25, 0.3) is 0 Å². The molecule has 0 bridgehead atoms. The molecule has 0 amide bonds. The van der Waals surface area contributed by atoms with Gasteiger partial charge < -0.3 is 10.1 Å². The van der Waals surface area contributed by atoms with Gasteiger partial charge in [-0.05, 0) is 18.6 Å². The summed E-state index contributed by atoms with van der Waals surface area (Å²) in [6, 6.07) is 9.39. The normalized spacial score (nSPS) is 12.2. The van der Waals surface area contributed by atoms with E-state index in [0.29, 0.717) is 17.5 Å². The number of rotatable bonds is 7. The Balaban J connectivity index is 1.82. The molecule has 0 saturated heterocycles. The van der Waals surface area contributed by atoms with Gasteiger partial charge in [0.2, 0.25) is 0 Å². The third-order valence-corrected chi connectivity index (χ3v) is 4.81. The van der Waals surface area contributed by atoms with Crippen LogP contribution in [0.2, 0.25) is 0 Å². The van der Waals surface area contributed by atoms with Crippen molar-refractivity contribution in [1.29, 1.82) is 5.26 Å². The van der Waals surface area contributed by atoms with Crippen LogP contribution in [0.25, 0.3) is 16.6 Å². The van der Waals surface area contributed by atoms with Crippen LogP contribution >= 0.6 is 11.8 Å². The lowest BCUT2D eigenvalue weighted by Gasteiger charge is -2.05. The first-order valence-corrected chi connectivity index (χ1v) is 9.18. The number of aliphatic hydroxyl groups is 1. The molecule has 3 N–H and O–H groups in total. The van der Waals surface area contributed by atoms with Crippen LogP contribution in [-0.2, 0) is 6.54 Å². The Morgan fingerprint density at radius 1 is 1.42 bits per heavy atom. The molecule has 0 radical (unpaired) electrons. The molecule has 0 aliphatic carbocycles. The molecule has 0 aliphatic heterocycles. The molecular formula is C17H18N6O2S. The molecule has 2 heterocycles. The smallest absolute Gasteiger partial charge is 0.343 e. The number of para-hydroxylation sites is 2. The molecule has 0 unspecified atom stereocenters. The summed E-state index contributed by atoms with van der Waals surface area (Å²) in [6.45, 7) is 2.60. The van der Waals surface area contributed by atoms with E-state index in [1.54, 1.807) is 0 Å². The minimum absolute atomic E-state index is 0.0756. The van der Waals surface area contributed by atoms with Crippen molar-refractivity contribution < 1.29 is 5.11 Å². The number of allylic oxidation sites excluding steroid dienone is 1. The van der Waals surface area contributed by atoms with E-state index in [4.69, 9.17) is 0 Å². The number of nitrogens with one attached hydrogen (secondary N) is 2. The molecule has 0 fully saturated rings. The molecule has 8 nitrogen and oxygen atoms in total. The molecule has 2 aromatic heterocycles. The van der Waals surface area contributed by atoms with Gasteiger partial charge in [0.05, 0.1) is 16.8 Å². The maximum atomic E-state index is 11.8. The van der Waals surface area contributed by atoms with Crippen LogP contribution in [0.1, 0.15) is 25.6 Å². The van der Waals surface area contributed by atoms with E-state index in [1.807, 2.05) is 37.3 Å². The molecule has 26 heavy (non-hydrogen) atoms. The molecule has 3 rings (SSSR count). The van der Waals surface area contributed by atoms with Crippen molar-refractivity contribution >= 4 is 28.4 Å². The number of fused-ring (bicyclic) bond motifs is 1. The number of unbranched alkanes of at least 4 members (excludes halogenated alkanes) is 1. The van der Waals surface area contributed by atoms with Crippen LogP contribution < -0.4 is 5.69 Å². The fourth-order valence-corrected chi connectivity index (χ4v) is 3.31. The van der Waals surface area contributed by atoms with Gasteiger partial charge in [0, 0.05) is 6.54 Å². The Bertz CT molecular complexity index is 1010. The molecule has 9 heteroatoms. The van der Waals surface area contributed by atoms with Crippen molar-refractivity contribution in [2.75, 3.05) is 5.75 Å². The van der Waals surface area contributed by atoms with Crippen LogP contribution in [0, 0.1) is 11.3 Å². The minimum atomic E-state index is -0.276. The third kappa shape index (κ3) is 3.65. The summed E-state index contributed by atoms with van der Waals surface area (Å²) in [6.07, 6.45) is 1.81. The zero-order valence-corrected chi connectivity index (χ0v) is 15.0. The summed E-state index contributed by atoms with van der Waals surface area (Å²) in [5, 5.41) is 26.7. The third-order valence-electron chi connectivity index (χ3n) is 3.82. The number of thioether (sulfide) groups is 1. The summed E-state index contributed by atoms with van der Waals surface area (Å²) >= 11 is 1.19. The van der Waals surface area contributed by atoms with E-state index in [9.17, 15) is 15.2 Å². The van der Waals surface area contributed by atoms with Crippen LogP contribution in [0.3, 0.4) is 0 Å². The average Bonchev–Trinajstić information content (AvgIpc) is 3.22. The largest absolute Gasteiger partial charge is 0.510 e. The number of aromatic amines is 2. The average molecular weight is 370 g/mol. The highest BCUT2D eigenvalue weighted by Gasteiger charge is 2.15. The number of hydrogen-bond acceptors (Lipinski definition) is 6. The van der Waals surface area contributed by atoms with Crippen molar-refractivity contribution in [1.82, 2.24) is 24.7 Å². The summed E-state index contributed by atoms with van der Waals surface area (Å²) in [4.78, 5) is 19.2. The van der Waals surface area contributed by atoms with Crippen LogP contribution in [0.15, 0.2) is 40.0 Å². The molecular weight excluding hydrogens is 352 g/mol. The highest BCUT2D eigenvalue weighted by Crippen LogP contribution is 2.23. The second-order valence-corrected chi connectivity index (χ2v) is 6.58. The summed E-state index contributed by atoms with van der Waals surface area (Å²) < 4.78 is 1.54. The van der Waals surface area contributed by atoms with Gasteiger partial charge in [-0.25, -0.2) is 14.9 Å². The molecule has 0 saturated carbocycles. The van der Waals surface area contributed by atoms with Gasteiger partial charge in [-0.15, -0.1) is 5.10 Å². The number of hydrogen-bond donors (Lipinski definition) is 3. The van der Waals surface area contributed by atoms with Gasteiger partial charge in [0.1, 0.15) is 17.4 Å². The van der Waals surface area contributed by atoms with Crippen molar-refractivity contribution in [3.8, 4) is 6.07 Å². The number of imidazole rings is 1. The molecule has 0 spiro atoms. The first kappa shape index (κ1) is 17.8. The second-order valence-electron chi connectivity index (χ2n) is 5.64. The van der Waals surface area contributed by atoms with Gasteiger partial charge in [-0.2, -0.15) is 5.26 Å². The Morgan fingerprint density at radius 3 is 2.96 bits per heavy atom. The van der Waals surface area contributed by atoms with E-state index in [-0.39, 0.29) is 22.8 Å². The molecule has 1 aromatic carbocycles. The zero-order valence-electron chi connectivity index (χ0n) is 14.2. The lowest BCUT2D eigenvalue weighted by atomic mass is 10.2. The quantitative estimate of drug-likeness (QED) is 0.334. The number of H-pyrrole nitrogens is 2. The van der Waals surface area contributed by atoms with Crippen molar-refractivity contribution in [3.05, 3.63) is 46.3 Å². The Kier molecular flexibility index (Phi) is 5.43. The first-order valence-electron chi connectivity index (χ1n) is 8.19. The number of nitrogens with zero attached hydrogens (tertiary/aromatic N) is 4. The number of aliphatic hydroxyl groups excluding tert-OH is 1. The highest BCUT2D eigenvalue weighted by atomic mass is 32.2. The standard InChI is InChI=1S/C17H18N6O2S/c1-2-3-8-23-16(25)21-22-17(23)26-10-14(24)11(9-18)15-19-12-6-4-5-7-13(12)20-15/h4-7,24H,2-3,8,10H2,1H3,(H,19,20)(H,21,25)/b14-11-. The van der Waals surface area contributed by atoms with E-state index in [1.165, 1.54) is 16.3 Å². The summed E-state index contributed by atoms with van der Waals surface area (Å²) in [5.74, 6) is 0.308. The van der Waals surface area contributed by atoms with Crippen LogP contribution in [-0.4, -0.2) is 35.6 Å². The SMILES string of the molecule is CCCCn1c(SC/C(O)=C(\C#N)c2nc3ccccc3[nH]2)n[nH]c1=O. The van der Waals surface area contributed by atoms with Gasteiger partial charge in [-0.1, -0.05) is 37.2 Å². The van der Waals surface area contributed by atoms with E-state index in [0.717, 1.165) is 23.9 Å². The van der Waals surface area contributed by atoms with E-state index in [2.05, 4.69) is 20.2 Å². The fourth-order valence-electron chi connectivity index (χ4n) is 2.46. The molecule has 3 aromatic rings. The molecule has 0 atom stereocenters.